The summed E-state index contributed by atoms with van der Waals surface area (Å²) in [5.74, 6) is 1.20. The maximum absolute atomic E-state index is 8.72. The molecule has 0 saturated carbocycles. The van der Waals surface area contributed by atoms with Crippen LogP contribution in [0.25, 0.3) is 0 Å². The van der Waals surface area contributed by atoms with Crippen molar-refractivity contribution < 1.29 is 0 Å². The summed E-state index contributed by atoms with van der Waals surface area (Å²) in [5.41, 5.74) is 2.88. The number of para-hydroxylation sites is 1. The number of benzene rings is 1. The predicted octanol–water partition coefficient (Wildman–Crippen LogP) is 3.82. The standard InChI is InChI=1S/C15H15N3/c1-11(2)13-5-3-4-6-14(13)18-15-8-7-12(9-16)10-17-15/h3-8,10-11H,1-2H3,(H,17,18). The molecule has 3 heteroatoms. The number of nitrogens with one attached hydrogen (secondary N) is 1. The van der Waals surface area contributed by atoms with Gasteiger partial charge < -0.3 is 5.32 Å². The lowest BCUT2D eigenvalue weighted by atomic mass is 10.0. The molecule has 18 heavy (non-hydrogen) atoms. The molecular weight excluding hydrogens is 222 g/mol. The van der Waals surface area contributed by atoms with Crippen molar-refractivity contribution in [1.29, 1.82) is 5.26 Å². The van der Waals surface area contributed by atoms with E-state index in [2.05, 4.69) is 36.3 Å². The number of hydrogen-bond donors (Lipinski definition) is 1. The van der Waals surface area contributed by atoms with Crippen molar-refractivity contribution in [3.8, 4) is 6.07 Å². The van der Waals surface area contributed by atoms with Gasteiger partial charge >= 0.3 is 0 Å². The Morgan fingerprint density at radius 3 is 2.56 bits per heavy atom. The Bertz CT molecular complexity index is 565. The number of pyridine rings is 1. The maximum atomic E-state index is 8.72. The molecule has 0 radical (unpaired) electrons. The largest absolute Gasteiger partial charge is 0.340 e. The topological polar surface area (TPSA) is 48.7 Å². The summed E-state index contributed by atoms with van der Waals surface area (Å²) >= 11 is 0. The van der Waals surface area contributed by atoms with E-state index in [9.17, 15) is 0 Å². The van der Waals surface area contributed by atoms with Gasteiger partial charge in [-0.15, -0.1) is 0 Å². The van der Waals surface area contributed by atoms with E-state index in [1.165, 1.54) is 5.56 Å². The van der Waals surface area contributed by atoms with Crippen LogP contribution in [-0.4, -0.2) is 4.98 Å². The molecule has 0 aliphatic rings. The maximum Gasteiger partial charge on any atom is 0.130 e. The Labute approximate surface area is 107 Å². The zero-order valence-electron chi connectivity index (χ0n) is 10.5. The molecule has 3 nitrogen and oxygen atoms in total. The van der Waals surface area contributed by atoms with E-state index >= 15 is 0 Å². The number of anilines is 2. The number of rotatable bonds is 3. The van der Waals surface area contributed by atoms with Crippen LogP contribution in [0.1, 0.15) is 30.9 Å². The summed E-state index contributed by atoms with van der Waals surface area (Å²) in [6.45, 7) is 4.32. The van der Waals surface area contributed by atoms with Gasteiger partial charge in [-0.25, -0.2) is 4.98 Å². The van der Waals surface area contributed by atoms with Gasteiger partial charge in [-0.2, -0.15) is 5.26 Å². The van der Waals surface area contributed by atoms with E-state index in [-0.39, 0.29) is 0 Å². The van der Waals surface area contributed by atoms with Crippen molar-refractivity contribution in [3.63, 3.8) is 0 Å². The smallest absolute Gasteiger partial charge is 0.130 e. The quantitative estimate of drug-likeness (QED) is 0.882. The first-order chi connectivity index (χ1) is 8.70. The van der Waals surface area contributed by atoms with E-state index in [1.807, 2.05) is 24.3 Å². The lowest BCUT2D eigenvalue weighted by Crippen LogP contribution is -1.99. The molecule has 1 N–H and O–H groups in total. The van der Waals surface area contributed by atoms with Crippen molar-refractivity contribution in [2.75, 3.05) is 5.32 Å². The Balaban J connectivity index is 2.26. The number of nitrogens with zero attached hydrogens (tertiary/aromatic N) is 2. The van der Waals surface area contributed by atoms with Gasteiger partial charge in [0.2, 0.25) is 0 Å². The molecule has 0 unspecified atom stereocenters. The average Bonchev–Trinajstić information content (AvgIpc) is 2.40. The number of aromatic nitrogens is 1. The van der Waals surface area contributed by atoms with Gasteiger partial charge in [0.05, 0.1) is 5.56 Å². The Morgan fingerprint density at radius 1 is 1.17 bits per heavy atom. The van der Waals surface area contributed by atoms with Gasteiger partial charge in [0.25, 0.3) is 0 Å². The van der Waals surface area contributed by atoms with Crippen LogP contribution in [0.2, 0.25) is 0 Å². The molecule has 0 spiro atoms. The van der Waals surface area contributed by atoms with Gasteiger partial charge in [-0.1, -0.05) is 32.0 Å². The zero-order valence-corrected chi connectivity index (χ0v) is 10.5. The Hall–Kier alpha value is -2.34. The molecule has 1 aromatic carbocycles. The van der Waals surface area contributed by atoms with Crippen molar-refractivity contribution >= 4 is 11.5 Å². The van der Waals surface area contributed by atoms with Crippen LogP contribution in [0, 0.1) is 11.3 Å². The molecule has 0 amide bonds. The molecule has 90 valence electrons. The van der Waals surface area contributed by atoms with E-state index in [0.717, 1.165) is 11.5 Å². The first-order valence-electron chi connectivity index (χ1n) is 5.93. The Kier molecular flexibility index (Phi) is 3.59. The van der Waals surface area contributed by atoms with Gasteiger partial charge in [0.15, 0.2) is 0 Å². The highest BCUT2D eigenvalue weighted by Gasteiger charge is 2.06. The zero-order chi connectivity index (χ0) is 13.0. The number of hydrogen-bond acceptors (Lipinski definition) is 3. The molecule has 0 atom stereocenters. The second kappa shape index (κ2) is 5.33. The first kappa shape index (κ1) is 12.1. The van der Waals surface area contributed by atoms with Crippen molar-refractivity contribution in [1.82, 2.24) is 4.98 Å². The molecule has 0 bridgehead atoms. The van der Waals surface area contributed by atoms with E-state index in [0.29, 0.717) is 11.5 Å². The lowest BCUT2D eigenvalue weighted by Gasteiger charge is -2.13. The van der Waals surface area contributed by atoms with Gasteiger partial charge in [0, 0.05) is 11.9 Å². The predicted molar refractivity (Wildman–Crippen MR) is 72.8 cm³/mol. The minimum atomic E-state index is 0.451. The van der Waals surface area contributed by atoms with E-state index in [1.54, 1.807) is 12.3 Å². The fourth-order valence-electron chi connectivity index (χ4n) is 1.79. The summed E-state index contributed by atoms with van der Waals surface area (Å²) in [6.07, 6.45) is 1.57. The average molecular weight is 237 g/mol. The molecule has 0 saturated heterocycles. The van der Waals surface area contributed by atoms with Crippen LogP contribution in [0.15, 0.2) is 42.6 Å². The molecule has 1 heterocycles. The first-order valence-corrected chi connectivity index (χ1v) is 5.93. The third-order valence-corrected chi connectivity index (χ3v) is 2.74. The van der Waals surface area contributed by atoms with Gasteiger partial charge in [-0.05, 0) is 29.7 Å². The summed E-state index contributed by atoms with van der Waals surface area (Å²) in [6, 6.07) is 13.8. The third kappa shape index (κ3) is 2.67. The summed E-state index contributed by atoms with van der Waals surface area (Å²) in [5, 5.41) is 12.0. The minimum Gasteiger partial charge on any atom is -0.340 e. The third-order valence-electron chi connectivity index (χ3n) is 2.74. The SMILES string of the molecule is CC(C)c1ccccc1Nc1ccc(C#N)cn1. The summed E-state index contributed by atoms with van der Waals surface area (Å²) in [7, 11) is 0. The molecule has 0 aliphatic carbocycles. The molecule has 0 fully saturated rings. The van der Waals surface area contributed by atoms with E-state index in [4.69, 9.17) is 5.26 Å². The van der Waals surface area contributed by atoms with Crippen molar-refractivity contribution in [2.45, 2.75) is 19.8 Å². The summed E-state index contributed by atoms with van der Waals surface area (Å²) < 4.78 is 0. The van der Waals surface area contributed by atoms with Crippen LogP contribution in [0.3, 0.4) is 0 Å². The monoisotopic (exact) mass is 237 g/mol. The molecule has 1 aromatic heterocycles. The highest BCUT2D eigenvalue weighted by atomic mass is 15.0. The fourth-order valence-corrected chi connectivity index (χ4v) is 1.79. The second-order valence-electron chi connectivity index (χ2n) is 4.41. The highest BCUT2D eigenvalue weighted by Crippen LogP contribution is 2.26. The molecule has 2 aromatic rings. The molecule has 0 aliphatic heterocycles. The van der Waals surface area contributed by atoms with Crippen LogP contribution < -0.4 is 5.32 Å². The van der Waals surface area contributed by atoms with Gasteiger partial charge in [0.1, 0.15) is 11.9 Å². The summed E-state index contributed by atoms with van der Waals surface area (Å²) in [4.78, 5) is 4.21. The van der Waals surface area contributed by atoms with Crippen LogP contribution in [0.5, 0.6) is 0 Å². The minimum absolute atomic E-state index is 0.451. The highest BCUT2D eigenvalue weighted by molar-refractivity contribution is 5.61. The fraction of sp³-hybridized carbons (Fsp3) is 0.200. The van der Waals surface area contributed by atoms with Crippen LogP contribution in [-0.2, 0) is 0 Å². The molecule has 2 rings (SSSR count). The van der Waals surface area contributed by atoms with Crippen LogP contribution in [0.4, 0.5) is 11.5 Å². The Morgan fingerprint density at radius 2 is 1.94 bits per heavy atom. The van der Waals surface area contributed by atoms with Crippen molar-refractivity contribution in [3.05, 3.63) is 53.7 Å². The number of nitriles is 1. The lowest BCUT2D eigenvalue weighted by molar-refractivity contribution is 0.869. The normalized spacial score (nSPS) is 10.1. The van der Waals surface area contributed by atoms with Crippen molar-refractivity contribution in [2.24, 2.45) is 0 Å². The second-order valence-corrected chi connectivity index (χ2v) is 4.41. The van der Waals surface area contributed by atoms with E-state index < -0.39 is 0 Å². The molecular formula is C15H15N3. The van der Waals surface area contributed by atoms with Gasteiger partial charge in [-0.3, -0.25) is 0 Å². The van der Waals surface area contributed by atoms with Crippen LogP contribution >= 0.6 is 0 Å².